The number of carboxylic acids is 1. The highest BCUT2D eigenvalue weighted by Gasteiger charge is 2.37. The number of nitrogens with two attached hydrogens (primary N) is 1. The summed E-state index contributed by atoms with van der Waals surface area (Å²) in [4.78, 5) is 24.4. The standard InChI is InChI=1S/C13H18N2O3/c1-13(2,12(17)18)15(3)11(16)10(14)9-7-5-4-6-8-9/h4-8,10H,14H2,1-3H3,(H,17,18). The van der Waals surface area contributed by atoms with Gasteiger partial charge in [0, 0.05) is 7.05 Å². The first kappa shape index (κ1) is 14.2. The monoisotopic (exact) mass is 250 g/mol. The summed E-state index contributed by atoms with van der Waals surface area (Å²) in [5.41, 5.74) is 5.23. The molecule has 1 atom stereocenters. The molecule has 0 saturated heterocycles. The summed E-state index contributed by atoms with van der Waals surface area (Å²) < 4.78 is 0. The van der Waals surface area contributed by atoms with Crippen LogP contribution in [0.5, 0.6) is 0 Å². The normalized spacial score (nSPS) is 12.9. The zero-order valence-electron chi connectivity index (χ0n) is 10.8. The van der Waals surface area contributed by atoms with Crippen LogP contribution in [0.15, 0.2) is 30.3 Å². The maximum atomic E-state index is 12.1. The lowest BCUT2D eigenvalue weighted by atomic mass is 10.0. The predicted molar refractivity (Wildman–Crippen MR) is 67.9 cm³/mol. The second-order valence-electron chi connectivity index (χ2n) is 4.65. The second kappa shape index (κ2) is 5.18. The first-order chi connectivity index (χ1) is 8.28. The highest BCUT2D eigenvalue weighted by molar-refractivity contribution is 5.89. The summed E-state index contributed by atoms with van der Waals surface area (Å²) in [5.74, 6) is -1.49. The van der Waals surface area contributed by atoms with E-state index in [-0.39, 0.29) is 0 Å². The molecule has 0 aliphatic carbocycles. The minimum atomic E-state index is -1.29. The number of hydrogen-bond acceptors (Lipinski definition) is 3. The first-order valence-corrected chi connectivity index (χ1v) is 5.60. The fourth-order valence-electron chi connectivity index (χ4n) is 1.43. The summed E-state index contributed by atoms with van der Waals surface area (Å²) >= 11 is 0. The van der Waals surface area contributed by atoms with Gasteiger partial charge in [-0.1, -0.05) is 30.3 Å². The molecular formula is C13H18N2O3. The Labute approximate surface area is 106 Å². The van der Waals surface area contributed by atoms with E-state index < -0.39 is 23.5 Å². The van der Waals surface area contributed by atoms with Gasteiger partial charge in [-0.05, 0) is 19.4 Å². The summed E-state index contributed by atoms with van der Waals surface area (Å²) in [6.45, 7) is 2.93. The quantitative estimate of drug-likeness (QED) is 0.835. The van der Waals surface area contributed by atoms with Gasteiger partial charge in [-0.15, -0.1) is 0 Å². The van der Waals surface area contributed by atoms with Crippen molar-refractivity contribution in [1.82, 2.24) is 4.90 Å². The second-order valence-corrected chi connectivity index (χ2v) is 4.65. The predicted octanol–water partition coefficient (Wildman–Crippen LogP) is 1.01. The molecule has 1 aromatic rings. The van der Waals surface area contributed by atoms with Crippen LogP contribution in [0.1, 0.15) is 25.5 Å². The first-order valence-electron chi connectivity index (χ1n) is 5.60. The number of aliphatic carboxylic acids is 1. The third-order valence-electron chi connectivity index (χ3n) is 3.12. The molecular weight excluding hydrogens is 232 g/mol. The molecule has 1 aromatic carbocycles. The average molecular weight is 250 g/mol. The number of rotatable bonds is 4. The van der Waals surface area contributed by atoms with Gasteiger partial charge in [-0.2, -0.15) is 0 Å². The fraction of sp³-hybridized carbons (Fsp3) is 0.385. The minimum Gasteiger partial charge on any atom is -0.480 e. The molecule has 0 radical (unpaired) electrons. The van der Waals surface area contributed by atoms with Crippen LogP contribution in [-0.4, -0.2) is 34.5 Å². The van der Waals surface area contributed by atoms with Gasteiger partial charge >= 0.3 is 5.97 Å². The maximum absolute atomic E-state index is 12.1. The van der Waals surface area contributed by atoms with Crippen LogP contribution in [0.2, 0.25) is 0 Å². The molecule has 0 aromatic heterocycles. The van der Waals surface area contributed by atoms with Crippen LogP contribution in [0.4, 0.5) is 0 Å². The highest BCUT2D eigenvalue weighted by atomic mass is 16.4. The molecule has 18 heavy (non-hydrogen) atoms. The van der Waals surface area contributed by atoms with Gasteiger partial charge < -0.3 is 15.7 Å². The smallest absolute Gasteiger partial charge is 0.329 e. The largest absolute Gasteiger partial charge is 0.480 e. The van der Waals surface area contributed by atoms with Crippen molar-refractivity contribution < 1.29 is 14.7 Å². The molecule has 1 unspecified atom stereocenters. The zero-order chi connectivity index (χ0) is 13.9. The van der Waals surface area contributed by atoms with Crippen molar-refractivity contribution in [3.05, 3.63) is 35.9 Å². The van der Waals surface area contributed by atoms with Crippen LogP contribution >= 0.6 is 0 Å². The van der Waals surface area contributed by atoms with Crippen LogP contribution in [-0.2, 0) is 9.59 Å². The molecule has 1 amide bonds. The molecule has 0 bridgehead atoms. The number of hydrogen-bond donors (Lipinski definition) is 2. The van der Waals surface area contributed by atoms with E-state index in [9.17, 15) is 9.59 Å². The third-order valence-corrected chi connectivity index (χ3v) is 3.12. The Morgan fingerprint density at radius 1 is 1.28 bits per heavy atom. The van der Waals surface area contributed by atoms with E-state index in [0.717, 1.165) is 4.90 Å². The lowest BCUT2D eigenvalue weighted by molar-refractivity contribution is -0.155. The molecule has 0 fully saturated rings. The SMILES string of the molecule is CN(C(=O)C(N)c1ccccc1)C(C)(C)C(=O)O. The molecule has 0 aliphatic rings. The molecule has 1 rings (SSSR count). The van der Waals surface area contributed by atoms with Crippen molar-refractivity contribution >= 4 is 11.9 Å². The zero-order valence-corrected chi connectivity index (χ0v) is 10.8. The Morgan fingerprint density at radius 3 is 2.22 bits per heavy atom. The number of likely N-dealkylation sites (N-methyl/N-ethyl adjacent to an activating group) is 1. The van der Waals surface area contributed by atoms with Crippen LogP contribution in [0, 0.1) is 0 Å². The number of carbonyl (C=O) groups is 2. The van der Waals surface area contributed by atoms with E-state index in [0.29, 0.717) is 5.56 Å². The van der Waals surface area contributed by atoms with Crippen molar-refractivity contribution in [3.8, 4) is 0 Å². The van der Waals surface area contributed by atoms with Crippen LogP contribution in [0.25, 0.3) is 0 Å². The molecule has 0 heterocycles. The van der Waals surface area contributed by atoms with Crippen molar-refractivity contribution in [3.63, 3.8) is 0 Å². The Kier molecular flexibility index (Phi) is 4.08. The number of benzene rings is 1. The molecule has 5 nitrogen and oxygen atoms in total. The van der Waals surface area contributed by atoms with E-state index in [1.54, 1.807) is 24.3 Å². The lowest BCUT2D eigenvalue weighted by Crippen LogP contribution is -2.53. The minimum absolute atomic E-state index is 0.423. The van der Waals surface area contributed by atoms with E-state index in [1.165, 1.54) is 20.9 Å². The van der Waals surface area contributed by atoms with Gasteiger partial charge in [0.25, 0.3) is 0 Å². The summed E-state index contributed by atoms with van der Waals surface area (Å²) in [5, 5.41) is 9.08. The van der Waals surface area contributed by atoms with Crippen molar-refractivity contribution in [2.45, 2.75) is 25.4 Å². The Bertz CT molecular complexity index is 443. The van der Waals surface area contributed by atoms with Gasteiger partial charge in [0.1, 0.15) is 11.6 Å². The van der Waals surface area contributed by atoms with Crippen molar-refractivity contribution in [1.29, 1.82) is 0 Å². The van der Waals surface area contributed by atoms with E-state index in [1.807, 2.05) is 6.07 Å². The molecule has 0 spiro atoms. The van der Waals surface area contributed by atoms with Gasteiger partial charge in [0.15, 0.2) is 0 Å². The molecule has 5 heteroatoms. The van der Waals surface area contributed by atoms with Crippen LogP contribution < -0.4 is 5.73 Å². The van der Waals surface area contributed by atoms with E-state index in [4.69, 9.17) is 10.8 Å². The average Bonchev–Trinajstić information content (AvgIpc) is 2.36. The Hall–Kier alpha value is -1.88. The molecule has 0 aliphatic heterocycles. The summed E-state index contributed by atoms with van der Waals surface area (Å²) in [7, 11) is 1.44. The van der Waals surface area contributed by atoms with Crippen LogP contribution in [0.3, 0.4) is 0 Å². The van der Waals surface area contributed by atoms with Gasteiger partial charge in [0.2, 0.25) is 5.91 Å². The van der Waals surface area contributed by atoms with E-state index >= 15 is 0 Å². The highest BCUT2D eigenvalue weighted by Crippen LogP contribution is 2.19. The maximum Gasteiger partial charge on any atom is 0.329 e. The topological polar surface area (TPSA) is 83.6 Å². The number of amides is 1. The number of nitrogens with zero attached hydrogens (tertiary/aromatic N) is 1. The Balaban J connectivity index is 2.92. The Morgan fingerprint density at radius 2 is 1.78 bits per heavy atom. The molecule has 3 N–H and O–H groups in total. The number of carboxylic acid groups (broad SMARTS) is 1. The molecule has 0 saturated carbocycles. The fourth-order valence-corrected chi connectivity index (χ4v) is 1.43. The van der Waals surface area contributed by atoms with Crippen molar-refractivity contribution in [2.24, 2.45) is 5.73 Å². The number of carbonyl (C=O) groups excluding carboxylic acids is 1. The third kappa shape index (κ3) is 2.68. The van der Waals surface area contributed by atoms with Gasteiger partial charge in [-0.3, -0.25) is 4.79 Å². The van der Waals surface area contributed by atoms with E-state index in [2.05, 4.69) is 0 Å². The summed E-state index contributed by atoms with van der Waals surface area (Å²) in [6.07, 6.45) is 0. The van der Waals surface area contributed by atoms with Gasteiger partial charge in [0.05, 0.1) is 0 Å². The van der Waals surface area contributed by atoms with Gasteiger partial charge in [-0.25, -0.2) is 4.79 Å². The molecule has 98 valence electrons. The lowest BCUT2D eigenvalue weighted by Gasteiger charge is -2.33. The summed E-state index contributed by atoms with van der Waals surface area (Å²) in [6, 6.07) is 8.02. The van der Waals surface area contributed by atoms with Crippen molar-refractivity contribution in [2.75, 3.05) is 7.05 Å².